The molecule has 0 saturated heterocycles. The zero-order valence-corrected chi connectivity index (χ0v) is 11.3. The lowest BCUT2D eigenvalue weighted by Crippen LogP contribution is -1.99. The second-order valence-corrected chi connectivity index (χ2v) is 5.17. The van der Waals surface area contributed by atoms with Gasteiger partial charge in [-0.3, -0.25) is 0 Å². The van der Waals surface area contributed by atoms with Crippen LogP contribution in [-0.2, 0) is 6.54 Å². The van der Waals surface area contributed by atoms with Gasteiger partial charge in [0, 0.05) is 4.47 Å². The molecular formula is C14H12BrN3. The molecule has 0 unspecified atom stereocenters. The van der Waals surface area contributed by atoms with E-state index in [0.717, 1.165) is 23.1 Å². The van der Waals surface area contributed by atoms with Crippen molar-refractivity contribution in [3.63, 3.8) is 0 Å². The van der Waals surface area contributed by atoms with Gasteiger partial charge in [0.15, 0.2) is 0 Å². The first-order valence-electron chi connectivity index (χ1n) is 5.82. The van der Waals surface area contributed by atoms with Crippen molar-refractivity contribution in [1.82, 2.24) is 15.0 Å². The molecule has 3 rings (SSSR count). The lowest BCUT2D eigenvalue weighted by Gasteiger charge is -2.00. The van der Waals surface area contributed by atoms with Crippen LogP contribution in [0.15, 0.2) is 53.2 Å². The Morgan fingerprint density at radius 3 is 2.78 bits per heavy atom. The monoisotopic (exact) mass is 301 g/mol. The van der Waals surface area contributed by atoms with Gasteiger partial charge in [-0.2, -0.15) is 0 Å². The smallest absolute Gasteiger partial charge is 0.109 e. The normalized spacial score (nSPS) is 13.9. The van der Waals surface area contributed by atoms with Gasteiger partial charge in [0.05, 0.1) is 12.7 Å². The molecule has 2 aromatic rings. The molecule has 0 fully saturated rings. The van der Waals surface area contributed by atoms with Crippen molar-refractivity contribution in [2.75, 3.05) is 0 Å². The van der Waals surface area contributed by atoms with E-state index in [1.165, 1.54) is 11.1 Å². The van der Waals surface area contributed by atoms with E-state index >= 15 is 0 Å². The highest BCUT2D eigenvalue weighted by molar-refractivity contribution is 9.10. The minimum atomic E-state index is 0.751. The van der Waals surface area contributed by atoms with E-state index in [2.05, 4.69) is 56.6 Å². The number of aromatic nitrogens is 3. The summed E-state index contributed by atoms with van der Waals surface area (Å²) in [6, 6.07) is 8.25. The Morgan fingerprint density at radius 1 is 1.22 bits per heavy atom. The summed E-state index contributed by atoms with van der Waals surface area (Å²) in [5, 5.41) is 8.37. The van der Waals surface area contributed by atoms with Crippen molar-refractivity contribution in [3.8, 4) is 0 Å². The molecule has 1 aliphatic carbocycles. The number of halogens is 1. The Bertz CT molecular complexity index is 608. The van der Waals surface area contributed by atoms with Gasteiger partial charge in [0.1, 0.15) is 5.69 Å². The highest BCUT2D eigenvalue weighted by atomic mass is 79.9. The quantitative estimate of drug-likeness (QED) is 0.869. The first-order valence-corrected chi connectivity index (χ1v) is 6.61. The van der Waals surface area contributed by atoms with Crippen molar-refractivity contribution >= 4 is 21.5 Å². The molecule has 0 amide bonds. The van der Waals surface area contributed by atoms with E-state index in [9.17, 15) is 0 Å². The molecular weight excluding hydrogens is 290 g/mol. The molecule has 0 aliphatic heterocycles. The fourth-order valence-corrected chi connectivity index (χ4v) is 2.20. The third-order valence-electron chi connectivity index (χ3n) is 2.90. The van der Waals surface area contributed by atoms with Gasteiger partial charge in [-0.1, -0.05) is 51.5 Å². The summed E-state index contributed by atoms with van der Waals surface area (Å²) < 4.78 is 2.96. The third-order valence-corrected chi connectivity index (χ3v) is 3.43. The summed E-state index contributed by atoms with van der Waals surface area (Å²) in [6.45, 7) is 0.751. The molecule has 0 radical (unpaired) electrons. The summed E-state index contributed by atoms with van der Waals surface area (Å²) in [5.74, 6) is 0. The van der Waals surface area contributed by atoms with Crippen molar-refractivity contribution in [3.05, 3.63) is 64.4 Å². The fourth-order valence-electron chi connectivity index (χ4n) is 1.94. The second kappa shape index (κ2) is 4.90. The molecule has 1 aromatic heterocycles. The number of hydrogen-bond acceptors (Lipinski definition) is 2. The van der Waals surface area contributed by atoms with Crippen molar-refractivity contribution < 1.29 is 0 Å². The van der Waals surface area contributed by atoms with Crippen molar-refractivity contribution in [1.29, 1.82) is 0 Å². The van der Waals surface area contributed by atoms with Crippen molar-refractivity contribution in [2.24, 2.45) is 0 Å². The molecule has 18 heavy (non-hydrogen) atoms. The second-order valence-electron chi connectivity index (χ2n) is 4.25. The molecule has 1 aliphatic rings. The van der Waals surface area contributed by atoms with Gasteiger partial charge >= 0.3 is 0 Å². The SMILES string of the molecule is Brc1ccc(Cn2cc(C3=CC=CC3)nn2)cc1. The average Bonchev–Trinajstić information content (AvgIpc) is 3.02. The minimum Gasteiger partial charge on any atom is -0.247 e. The highest BCUT2D eigenvalue weighted by Gasteiger charge is 2.07. The van der Waals surface area contributed by atoms with Gasteiger partial charge in [-0.25, -0.2) is 4.68 Å². The molecule has 90 valence electrons. The third kappa shape index (κ3) is 2.43. The standard InChI is InChI=1S/C14H12BrN3/c15-13-7-5-11(6-8-13)9-18-10-14(16-17-18)12-3-1-2-4-12/h1-3,5-8,10H,4,9H2. The lowest BCUT2D eigenvalue weighted by atomic mass is 10.2. The Labute approximate surface area is 114 Å². The van der Waals surface area contributed by atoms with E-state index in [4.69, 9.17) is 0 Å². The van der Waals surface area contributed by atoms with Gasteiger partial charge in [-0.15, -0.1) is 5.10 Å². The summed E-state index contributed by atoms with van der Waals surface area (Å²) in [6.07, 6.45) is 9.23. The Kier molecular flexibility index (Phi) is 3.11. The molecule has 0 saturated carbocycles. The van der Waals surface area contributed by atoms with Crippen LogP contribution in [0.3, 0.4) is 0 Å². The molecule has 3 nitrogen and oxygen atoms in total. The summed E-state index contributed by atoms with van der Waals surface area (Å²) in [7, 11) is 0. The fraction of sp³-hybridized carbons (Fsp3) is 0.143. The molecule has 0 atom stereocenters. The molecule has 4 heteroatoms. The minimum absolute atomic E-state index is 0.751. The van der Waals surface area contributed by atoms with Crippen LogP contribution in [0, 0.1) is 0 Å². The van der Waals surface area contributed by atoms with Crippen LogP contribution in [0.1, 0.15) is 17.7 Å². The van der Waals surface area contributed by atoms with E-state index < -0.39 is 0 Å². The van der Waals surface area contributed by atoms with Crippen LogP contribution >= 0.6 is 15.9 Å². The van der Waals surface area contributed by atoms with Gasteiger partial charge < -0.3 is 0 Å². The Morgan fingerprint density at radius 2 is 2.06 bits per heavy atom. The largest absolute Gasteiger partial charge is 0.247 e. The summed E-state index contributed by atoms with van der Waals surface area (Å²) in [4.78, 5) is 0. The zero-order chi connectivity index (χ0) is 12.4. The molecule has 0 spiro atoms. The molecule has 0 bridgehead atoms. The van der Waals surface area contributed by atoms with Gasteiger partial charge in [-0.05, 0) is 29.7 Å². The van der Waals surface area contributed by atoms with Crippen LogP contribution in [-0.4, -0.2) is 15.0 Å². The van der Waals surface area contributed by atoms with E-state index in [-0.39, 0.29) is 0 Å². The van der Waals surface area contributed by atoms with Crippen LogP contribution in [0.5, 0.6) is 0 Å². The summed E-state index contributed by atoms with van der Waals surface area (Å²) >= 11 is 3.43. The number of allylic oxidation sites excluding steroid dienone is 4. The first-order chi connectivity index (χ1) is 8.81. The van der Waals surface area contributed by atoms with E-state index in [1.54, 1.807) is 0 Å². The van der Waals surface area contributed by atoms with Crippen LogP contribution < -0.4 is 0 Å². The lowest BCUT2D eigenvalue weighted by molar-refractivity contribution is 0.649. The predicted molar refractivity (Wildman–Crippen MR) is 75.0 cm³/mol. The number of benzene rings is 1. The van der Waals surface area contributed by atoms with Gasteiger partial charge in [0.2, 0.25) is 0 Å². The topological polar surface area (TPSA) is 30.7 Å². The number of rotatable bonds is 3. The van der Waals surface area contributed by atoms with Crippen molar-refractivity contribution in [2.45, 2.75) is 13.0 Å². The molecule has 1 aromatic carbocycles. The number of hydrogen-bond donors (Lipinski definition) is 0. The Hall–Kier alpha value is -1.68. The predicted octanol–water partition coefficient (Wildman–Crippen LogP) is 3.43. The van der Waals surface area contributed by atoms with Crippen LogP contribution in [0.4, 0.5) is 0 Å². The van der Waals surface area contributed by atoms with E-state index in [0.29, 0.717) is 0 Å². The maximum Gasteiger partial charge on any atom is 0.109 e. The number of nitrogens with zero attached hydrogens (tertiary/aromatic N) is 3. The van der Waals surface area contributed by atoms with Crippen LogP contribution in [0.25, 0.3) is 5.57 Å². The van der Waals surface area contributed by atoms with Crippen LogP contribution in [0.2, 0.25) is 0 Å². The Balaban J connectivity index is 1.75. The van der Waals surface area contributed by atoms with E-state index in [1.807, 2.05) is 23.0 Å². The zero-order valence-electron chi connectivity index (χ0n) is 9.75. The first kappa shape index (κ1) is 11.4. The average molecular weight is 302 g/mol. The molecule has 1 heterocycles. The molecule has 0 N–H and O–H groups in total. The highest BCUT2D eigenvalue weighted by Crippen LogP contribution is 2.20. The van der Waals surface area contributed by atoms with Gasteiger partial charge in [0.25, 0.3) is 0 Å². The maximum atomic E-state index is 4.21. The summed E-state index contributed by atoms with van der Waals surface area (Å²) in [5.41, 5.74) is 3.42. The maximum absolute atomic E-state index is 4.21.